The summed E-state index contributed by atoms with van der Waals surface area (Å²) in [6.07, 6.45) is 3.64. The Morgan fingerprint density at radius 1 is 1.06 bits per heavy atom. The van der Waals surface area contributed by atoms with Gasteiger partial charge in [-0.2, -0.15) is 5.10 Å². The SMILES string of the molecule is CC(/C=N/NC(=O)CSc1nc2ccccc2n1Cc1ccccc1Cl)=C\c1ccccc1. The number of allylic oxidation sites excluding steroid dienone is 1. The maximum Gasteiger partial charge on any atom is 0.250 e. The molecular formula is C26H23ClN4OS. The van der Waals surface area contributed by atoms with E-state index in [1.54, 1.807) is 6.21 Å². The summed E-state index contributed by atoms with van der Waals surface area (Å²) < 4.78 is 2.09. The van der Waals surface area contributed by atoms with Crippen molar-refractivity contribution in [2.75, 3.05) is 5.75 Å². The Balaban J connectivity index is 1.42. The first-order valence-corrected chi connectivity index (χ1v) is 11.8. The lowest BCUT2D eigenvalue weighted by Crippen LogP contribution is -2.20. The van der Waals surface area contributed by atoms with Crippen LogP contribution < -0.4 is 5.43 Å². The van der Waals surface area contributed by atoms with Gasteiger partial charge in [-0.25, -0.2) is 10.4 Å². The summed E-state index contributed by atoms with van der Waals surface area (Å²) in [7, 11) is 0. The van der Waals surface area contributed by atoms with Crippen molar-refractivity contribution in [1.29, 1.82) is 0 Å². The molecule has 0 fully saturated rings. The summed E-state index contributed by atoms with van der Waals surface area (Å²) in [5.74, 6) is 0.00470. The molecule has 5 nitrogen and oxygen atoms in total. The number of amides is 1. The zero-order chi connectivity index (χ0) is 23.0. The van der Waals surface area contributed by atoms with E-state index in [1.165, 1.54) is 11.8 Å². The Bertz CT molecular complexity index is 1310. The molecule has 0 bridgehead atoms. The van der Waals surface area contributed by atoms with Crippen LogP contribution >= 0.6 is 23.4 Å². The van der Waals surface area contributed by atoms with Gasteiger partial charge in [0.1, 0.15) is 0 Å². The van der Waals surface area contributed by atoms with Crippen molar-refractivity contribution in [1.82, 2.24) is 15.0 Å². The van der Waals surface area contributed by atoms with E-state index in [0.29, 0.717) is 11.6 Å². The minimum absolute atomic E-state index is 0.194. The number of carbonyl (C=O) groups is 1. The second-order valence-electron chi connectivity index (χ2n) is 7.44. The fourth-order valence-electron chi connectivity index (χ4n) is 3.33. The standard InChI is InChI=1S/C26H23ClN4OS/c1-19(15-20-9-3-2-4-10-20)16-28-30-25(32)18-33-26-29-23-13-7-8-14-24(23)31(26)17-21-11-5-6-12-22(21)27/h2-16H,17-18H2,1H3,(H,30,32)/b19-15+,28-16+. The number of nitrogens with one attached hydrogen (secondary N) is 1. The lowest BCUT2D eigenvalue weighted by atomic mass is 10.1. The molecule has 7 heteroatoms. The minimum atomic E-state index is -0.194. The molecular weight excluding hydrogens is 452 g/mol. The van der Waals surface area contributed by atoms with Crippen LogP contribution in [0.4, 0.5) is 0 Å². The molecule has 0 aliphatic rings. The molecule has 1 N–H and O–H groups in total. The molecule has 0 radical (unpaired) electrons. The van der Waals surface area contributed by atoms with E-state index in [9.17, 15) is 4.79 Å². The maximum atomic E-state index is 12.4. The highest BCUT2D eigenvalue weighted by molar-refractivity contribution is 7.99. The van der Waals surface area contributed by atoms with Crippen molar-refractivity contribution in [2.24, 2.45) is 5.10 Å². The van der Waals surface area contributed by atoms with E-state index in [0.717, 1.165) is 32.9 Å². The highest BCUT2D eigenvalue weighted by Crippen LogP contribution is 2.27. The number of thioether (sulfide) groups is 1. The molecule has 0 spiro atoms. The van der Waals surface area contributed by atoms with Crippen LogP contribution in [0.25, 0.3) is 17.1 Å². The zero-order valence-electron chi connectivity index (χ0n) is 18.1. The number of para-hydroxylation sites is 2. The van der Waals surface area contributed by atoms with Gasteiger partial charge in [-0.1, -0.05) is 90.1 Å². The van der Waals surface area contributed by atoms with E-state index in [2.05, 4.69) is 15.1 Å². The van der Waals surface area contributed by atoms with Gasteiger partial charge in [-0.05, 0) is 41.8 Å². The Kier molecular flexibility index (Phi) is 7.60. The summed E-state index contributed by atoms with van der Waals surface area (Å²) in [6, 6.07) is 25.6. The highest BCUT2D eigenvalue weighted by Gasteiger charge is 2.14. The molecule has 0 aliphatic heterocycles. The number of rotatable bonds is 8. The van der Waals surface area contributed by atoms with Crippen molar-refractivity contribution in [2.45, 2.75) is 18.6 Å². The van der Waals surface area contributed by atoms with Gasteiger partial charge < -0.3 is 4.57 Å². The first kappa shape index (κ1) is 22.8. The molecule has 33 heavy (non-hydrogen) atoms. The number of hydrazone groups is 1. The van der Waals surface area contributed by atoms with E-state index >= 15 is 0 Å². The Hall–Kier alpha value is -3.35. The van der Waals surface area contributed by atoms with Crippen molar-refractivity contribution >= 4 is 52.6 Å². The van der Waals surface area contributed by atoms with Crippen LogP contribution in [0, 0.1) is 0 Å². The number of benzene rings is 3. The molecule has 3 aromatic carbocycles. The number of fused-ring (bicyclic) bond motifs is 1. The van der Waals surface area contributed by atoms with Gasteiger partial charge >= 0.3 is 0 Å². The van der Waals surface area contributed by atoms with Gasteiger partial charge in [0.15, 0.2) is 5.16 Å². The number of hydrogen-bond donors (Lipinski definition) is 1. The zero-order valence-corrected chi connectivity index (χ0v) is 19.7. The fourth-order valence-corrected chi connectivity index (χ4v) is 4.33. The van der Waals surface area contributed by atoms with Gasteiger partial charge in [0.25, 0.3) is 5.91 Å². The number of hydrogen-bond acceptors (Lipinski definition) is 4. The molecule has 0 aliphatic carbocycles. The molecule has 1 amide bonds. The quantitative estimate of drug-likeness (QED) is 0.192. The third-order valence-corrected chi connectivity index (χ3v) is 6.23. The third-order valence-electron chi connectivity index (χ3n) is 4.89. The van der Waals surface area contributed by atoms with Crippen LogP contribution in [0.3, 0.4) is 0 Å². The van der Waals surface area contributed by atoms with Crippen LogP contribution in [0.1, 0.15) is 18.1 Å². The average molecular weight is 475 g/mol. The molecule has 0 saturated heterocycles. The molecule has 0 unspecified atom stereocenters. The molecule has 0 atom stereocenters. The highest BCUT2D eigenvalue weighted by atomic mass is 35.5. The Morgan fingerprint density at radius 3 is 2.61 bits per heavy atom. The van der Waals surface area contributed by atoms with Gasteiger partial charge in [-0.3, -0.25) is 4.79 Å². The number of nitrogens with zero attached hydrogens (tertiary/aromatic N) is 3. The largest absolute Gasteiger partial charge is 0.314 e. The van der Waals surface area contributed by atoms with E-state index in [4.69, 9.17) is 16.6 Å². The normalized spacial score (nSPS) is 11.9. The van der Waals surface area contributed by atoms with Gasteiger partial charge in [-0.15, -0.1) is 0 Å². The summed E-state index contributed by atoms with van der Waals surface area (Å²) >= 11 is 7.76. The fraction of sp³-hybridized carbons (Fsp3) is 0.115. The molecule has 0 saturated carbocycles. The molecule has 166 valence electrons. The summed E-state index contributed by atoms with van der Waals surface area (Å²) in [5.41, 5.74) is 7.50. The number of carbonyl (C=O) groups excluding carboxylic acids is 1. The molecule has 4 rings (SSSR count). The van der Waals surface area contributed by atoms with Crippen LogP contribution in [0.5, 0.6) is 0 Å². The van der Waals surface area contributed by atoms with Crippen LogP contribution in [-0.2, 0) is 11.3 Å². The maximum absolute atomic E-state index is 12.4. The van der Waals surface area contributed by atoms with Gasteiger partial charge in [0.05, 0.1) is 29.5 Å². The summed E-state index contributed by atoms with van der Waals surface area (Å²) in [6.45, 7) is 2.51. The van der Waals surface area contributed by atoms with Crippen molar-refractivity contribution in [3.8, 4) is 0 Å². The van der Waals surface area contributed by atoms with Crippen molar-refractivity contribution in [3.63, 3.8) is 0 Å². The number of halogens is 1. The van der Waals surface area contributed by atoms with Crippen LogP contribution in [0.15, 0.2) is 94.7 Å². The Morgan fingerprint density at radius 2 is 1.79 bits per heavy atom. The predicted molar refractivity (Wildman–Crippen MR) is 138 cm³/mol. The second-order valence-corrected chi connectivity index (χ2v) is 8.79. The van der Waals surface area contributed by atoms with E-state index < -0.39 is 0 Å². The smallest absolute Gasteiger partial charge is 0.250 e. The Labute approximate surface area is 202 Å². The number of imidazole rings is 1. The summed E-state index contributed by atoms with van der Waals surface area (Å²) in [4.78, 5) is 17.1. The second kappa shape index (κ2) is 11.0. The topological polar surface area (TPSA) is 59.3 Å². The first-order valence-electron chi connectivity index (χ1n) is 10.5. The van der Waals surface area contributed by atoms with Crippen molar-refractivity contribution < 1.29 is 4.79 Å². The van der Waals surface area contributed by atoms with E-state index in [-0.39, 0.29) is 11.7 Å². The lowest BCUT2D eigenvalue weighted by molar-refractivity contribution is -0.118. The van der Waals surface area contributed by atoms with Gasteiger partial charge in [0.2, 0.25) is 0 Å². The molecule has 1 aromatic heterocycles. The monoisotopic (exact) mass is 474 g/mol. The van der Waals surface area contributed by atoms with Crippen LogP contribution in [-0.4, -0.2) is 27.4 Å². The lowest BCUT2D eigenvalue weighted by Gasteiger charge is -2.10. The number of aromatic nitrogens is 2. The molecule has 4 aromatic rings. The van der Waals surface area contributed by atoms with Crippen LogP contribution in [0.2, 0.25) is 5.02 Å². The van der Waals surface area contributed by atoms with Crippen molar-refractivity contribution in [3.05, 3.63) is 101 Å². The average Bonchev–Trinajstić information content (AvgIpc) is 3.17. The van der Waals surface area contributed by atoms with E-state index in [1.807, 2.05) is 91.9 Å². The summed E-state index contributed by atoms with van der Waals surface area (Å²) in [5, 5.41) is 5.54. The minimum Gasteiger partial charge on any atom is -0.314 e. The third kappa shape index (κ3) is 6.12. The van der Waals surface area contributed by atoms with Gasteiger partial charge in [0, 0.05) is 5.02 Å². The predicted octanol–water partition coefficient (Wildman–Crippen LogP) is 6.04. The first-order chi connectivity index (χ1) is 16.1. The molecule has 1 heterocycles.